The fourth-order valence-corrected chi connectivity index (χ4v) is 1.27. The molecule has 0 atom stereocenters. The Labute approximate surface area is 76.2 Å². The van der Waals surface area contributed by atoms with Crippen molar-refractivity contribution in [2.24, 2.45) is 0 Å². The van der Waals surface area contributed by atoms with Crippen LogP contribution in [0.4, 0.5) is 0 Å². The molecule has 0 aromatic carbocycles. The number of hydrogen-bond donors (Lipinski definition) is 1. The van der Waals surface area contributed by atoms with E-state index in [4.69, 9.17) is 6.42 Å². The van der Waals surface area contributed by atoms with E-state index >= 15 is 0 Å². The maximum absolute atomic E-state index is 5.13. The first kappa shape index (κ1) is 10.9. The summed E-state index contributed by atoms with van der Waals surface area (Å²) in [6.07, 6.45) is 13.9. The van der Waals surface area contributed by atoms with Crippen molar-refractivity contribution in [3.8, 4) is 12.3 Å². The summed E-state index contributed by atoms with van der Waals surface area (Å²) in [5.41, 5.74) is 0. The molecule has 64 valence electrons. The van der Waals surface area contributed by atoms with Crippen LogP contribution in [-0.4, -0.2) is 5.75 Å². The third-order valence-corrected chi connectivity index (χ3v) is 2.05. The molecule has 0 bridgehead atoms. The summed E-state index contributed by atoms with van der Waals surface area (Å²) in [7, 11) is 0. The van der Waals surface area contributed by atoms with Gasteiger partial charge in [0.15, 0.2) is 0 Å². The van der Waals surface area contributed by atoms with Crippen LogP contribution in [-0.2, 0) is 0 Å². The van der Waals surface area contributed by atoms with Gasteiger partial charge in [-0.05, 0) is 18.6 Å². The molecular formula is C10H18S. The minimum absolute atomic E-state index is 0.951. The van der Waals surface area contributed by atoms with E-state index in [9.17, 15) is 0 Å². The second kappa shape index (κ2) is 9.91. The first-order valence-electron chi connectivity index (χ1n) is 4.46. The minimum atomic E-state index is 0.951. The summed E-state index contributed by atoms with van der Waals surface area (Å²) in [5, 5.41) is 0. The molecule has 0 aliphatic carbocycles. The summed E-state index contributed by atoms with van der Waals surface area (Å²) in [5.74, 6) is 3.69. The van der Waals surface area contributed by atoms with Gasteiger partial charge in [0.2, 0.25) is 0 Å². The molecule has 0 fully saturated rings. The first-order valence-corrected chi connectivity index (χ1v) is 5.09. The van der Waals surface area contributed by atoms with Gasteiger partial charge in [0, 0.05) is 6.42 Å². The van der Waals surface area contributed by atoms with Crippen LogP contribution < -0.4 is 0 Å². The largest absolute Gasteiger partial charge is 0.179 e. The second-order valence-electron chi connectivity index (χ2n) is 2.80. The standard InChI is InChI=1S/C10H18S/c1-2-3-4-5-6-7-8-9-10-11/h1,11H,3-10H2. The highest BCUT2D eigenvalue weighted by molar-refractivity contribution is 7.80. The van der Waals surface area contributed by atoms with Gasteiger partial charge in [-0.15, -0.1) is 12.3 Å². The SMILES string of the molecule is C#CCCCCCCCCS. The molecule has 11 heavy (non-hydrogen) atoms. The van der Waals surface area contributed by atoms with Crippen molar-refractivity contribution in [2.75, 3.05) is 5.75 Å². The molecule has 0 aromatic heterocycles. The van der Waals surface area contributed by atoms with E-state index in [0.29, 0.717) is 0 Å². The quantitative estimate of drug-likeness (QED) is 0.338. The molecule has 0 saturated carbocycles. The van der Waals surface area contributed by atoms with Gasteiger partial charge in [0.05, 0.1) is 0 Å². The topological polar surface area (TPSA) is 0 Å². The fraction of sp³-hybridized carbons (Fsp3) is 0.800. The Morgan fingerprint density at radius 1 is 0.909 bits per heavy atom. The molecule has 0 saturated heterocycles. The summed E-state index contributed by atoms with van der Waals surface area (Å²) < 4.78 is 0. The van der Waals surface area contributed by atoms with Crippen molar-refractivity contribution in [1.29, 1.82) is 0 Å². The zero-order chi connectivity index (χ0) is 8.36. The Bertz CT molecular complexity index is 102. The lowest BCUT2D eigenvalue weighted by atomic mass is 10.1. The summed E-state index contributed by atoms with van der Waals surface area (Å²) in [4.78, 5) is 0. The van der Waals surface area contributed by atoms with Crippen LogP contribution in [0.15, 0.2) is 0 Å². The number of rotatable bonds is 7. The maximum Gasteiger partial charge on any atom is 0.00860 e. The molecular weight excluding hydrogens is 152 g/mol. The highest BCUT2D eigenvalue weighted by Crippen LogP contribution is 2.06. The molecule has 0 spiro atoms. The van der Waals surface area contributed by atoms with Crippen LogP contribution in [0.3, 0.4) is 0 Å². The minimum Gasteiger partial charge on any atom is -0.179 e. The molecule has 0 aromatic rings. The molecule has 0 nitrogen and oxygen atoms in total. The van der Waals surface area contributed by atoms with Crippen LogP contribution in [0.25, 0.3) is 0 Å². The third kappa shape index (κ3) is 9.91. The predicted molar refractivity (Wildman–Crippen MR) is 55.0 cm³/mol. The Balaban J connectivity index is 2.75. The third-order valence-electron chi connectivity index (χ3n) is 1.73. The van der Waals surface area contributed by atoms with Crippen LogP contribution >= 0.6 is 12.6 Å². The van der Waals surface area contributed by atoms with E-state index in [2.05, 4.69) is 18.5 Å². The molecule has 1 heteroatoms. The Morgan fingerprint density at radius 3 is 2.00 bits per heavy atom. The first-order chi connectivity index (χ1) is 5.41. The van der Waals surface area contributed by atoms with Crippen LogP contribution in [0.5, 0.6) is 0 Å². The molecule has 0 amide bonds. The van der Waals surface area contributed by atoms with Crippen LogP contribution in [0.1, 0.15) is 44.9 Å². The normalized spacial score (nSPS) is 9.45. The zero-order valence-corrected chi connectivity index (χ0v) is 8.08. The van der Waals surface area contributed by atoms with Crippen LogP contribution in [0, 0.1) is 12.3 Å². The predicted octanol–water partition coefficient (Wildman–Crippen LogP) is 3.28. The summed E-state index contributed by atoms with van der Waals surface area (Å²) >= 11 is 4.15. The van der Waals surface area contributed by atoms with E-state index in [1.165, 1.54) is 38.5 Å². The van der Waals surface area contributed by atoms with Crippen molar-refractivity contribution < 1.29 is 0 Å². The Hall–Kier alpha value is -0.0900. The molecule has 0 aliphatic rings. The van der Waals surface area contributed by atoms with E-state index in [1.54, 1.807) is 0 Å². The Morgan fingerprint density at radius 2 is 1.45 bits per heavy atom. The van der Waals surface area contributed by atoms with Gasteiger partial charge in [0.25, 0.3) is 0 Å². The number of unbranched alkanes of at least 4 members (excludes halogenated alkanes) is 6. The molecule has 0 rings (SSSR count). The Kier molecular flexibility index (Phi) is 9.83. The van der Waals surface area contributed by atoms with E-state index in [1.807, 2.05) is 0 Å². The van der Waals surface area contributed by atoms with Gasteiger partial charge in [-0.25, -0.2) is 0 Å². The van der Waals surface area contributed by atoms with Gasteiger partial charge in [-0.2, -0.15) is 12.6 Å². The van der Waals surface area contributed by atoms with Crippen molar-refractivity contribution in [1.82, 2.24) is 0 Å². The van der Waals surface area contributed by atoms with Gasteiger partial charge in [-0.1, -0.05) is 25.7 Å². The molecule has 0 aliphatic heterocycles. The highest BCUT2D eigenvalue weighted by Gasteiger charge is 1.88. The number of terminal acetylenes is 1. The molecule has 0 heterocycles. The van der Waals surface area contributed by atoms with Crippen molar-refractivity contribution in [2.45, 2.75) is 44.9 Å². The zero-order valence-electron chi connectivity index (χ0n) is 7.18. The second-order valence-corrected chi connectivity index (χ2v) is 3.25. The van der Waals surface area contributed by atoms with Gasteiger partial charge >= 0.3 is 0 Å². The van der Waals surface area contributed by atoms with E-state index in [-0.39, 0.29) is 0 Å². The van der Waals surface area contributed by atoms with Crippen molar-refractivity contribution >= 4 is 12.6 Å². The summed E-state index contributed by atoms with van der Waals surface area (Å²) in [6, 6.07) is 0. The smallest absolute Gasteiger partial charge is 0.00860 e. The lowest BCUT2D eigenvalue weighted by molar-refractivity contribution is 0.616. The lowest BCUT2D eigenvalue weighted by Gasteiger charge is -1.97. The molecule has 0 N–H and O–H groups in total. The number of hydrogen-bond acceptors (Lipinski definition) is 1. The average molecular weight is 170 g/mol. The van der Waals surface area contributed by atoms with Crippen molar-refractivity contribution in [3.05, 3.63) is 0 Å². The van der Waals surface area contributed by atoms with Crippen molar-refractivity contribution in [3.63, 3.8) is 0 Å². The molecule has 0 radical (unpaired) electrons. The lowest BCUT2D eigenvalue weighted by Crippen LogP contribution is -1.80. The monoisotopic (exact) mass is 170 g/mol. The van der Waals surface area contributed by atoms with Crippen LogP contribution in [0.2, 0.25) is 0 Å². The van der Waals surface area contributed by atoms with E-state index < -0.39 is 0 Å². The average Bonchev–Trinajstić information content (AvgIpc) is 2.03. The van der Waals surface area contributed by atoms with E-state index in [0.717, 1.165) is 12.2 Å². The van der Waals surface area contributed by atoms with Gasteiger partial charge in [0.1, 0.15) is 0 Å². The maximum atomic E-state index is 5.13. The van der Waals surface area contributed by atoms with Gasteiger partial charge < -0.3 is 0 Å². The summed E-state index contributed by atoms with van der Waals surface area (Å²) in [6.45, 7) is 0. The number of thiol groups is 1. The molecule has 0 unspecified atom stereocenters. The highest BCUT2D eigenvalue weighted by atomic mass is 32.1. The van der Waals surface area contributed by atoms with Gasteiger partial charge in [-0.3, -0.25) is 0 Å². The fourth-order valence-electron chi connectivity index (χ4n) is 1.05.